The fourth-order valence-electron chi connectivity index (χ4n) is 4.56. The number of nitriles is 1. The van der Waals surface area contributed by atoms with Crippen molar-refractivity contribution in [2.45, 2.75) is 71.1 Å². The first-order valence-electron chi connectivity index (χ1n) is 13.7. The number of nitrogens with zero attached hydrogens (tertiary/aromatic N) is 5. The monoisotopic (exact) mass is 579 g/mol. The Kier molecular flexibility index (Phi) is 9.94. The Bertz CT molecular complexity index is 1480. The van der Waals surface area contributed by atoms with Crippen molar-refractivity contribution in [3.63, 3.8) is 0 Å². The normalized spacial score (nSPS) is 13.4. The number of rotatable bonds is 11. The van der Waals surface area contributed by atoms with Crippen LogP contribution in [0.5, 0.6) is 5.75 Å². The van der Waals surface area contributed by atoms with Crippen molar-refractivity contribution in [1.82, 2.24) is 19.3 Å². The minimum absolute atomic E-state index is 0.105. The summed E-state index contributed by atoms with van der Waals surface area (Å²) in [6, 6.07) is 9.63. The van der Waals surface area contributed by atoms with E-state index in [4.69, 9.17) is 13.9 Å². The molecule has 2 heterocycles. The maximum Gasteiger partial charge on any atom is 0.361 e. The zero-order chi connectivity index (χ0) is 30.5. The Hall–Kier alpha value is -3.75. The lowest BCUT2D eigenvalue weighted by atomic mass is 9.80. The third-order valence-corrected chi connectivity index (χ3v) is 12.4. The van der Waals surface area contributed by atoms with Crippen molar-refractivity contribution >= 4 is 14.3 Å². The molecule has 0 fully saturated rings. The molecule has 0 amide bonds. The van der Waals surface area contributed by atoms with E-state index >= 15 is 0 Å². The van der Waals surface area contributed by atoms with Gasteiger partial charge in [-0.3, -0.25) is 14.0 Å². The molecule has 0 bridgehead atoms. The second-order valence-electron chi connectivity index (χ2n) is 11.5. The van der Waals surface area contributed by atoms with Crippen LogP contribution in [-0.4, -0.2) is 53.9 Å². The van der Waals surface area contributed by atoms with E-state index in [9.17, 15) is 14.9 Å². The Labute approximate surface area is 243 Å². The van der Waals surface area contributed by atoms with Crippen molar-refractivity contribution in [1.29, 1.82) is 5.26 Å². The fraction of sp³-hybridized carbons (Fsp3) is 0.500. The number of esters is 1. The molecule has 3 rings (SSSR count). The number of hydrogen-bond donors (Lipinski definition) is 0. The van der Waals surface area contributed by atoms with Gasteiger partial charge >= 0.3 is 5.97 Å². The maximum absolute atomic E-state index is 13.3. The summed E-state index contributed by atoms with van der Waals surface area (Å²) in [5, 5.41) is 14.6. The lowest BCUT2D eigenvalue weighted by Gasteiger charge is -2.36. The van der Waals surface area contributed by atoms with Gasteiger partial charge in [-0.15, -0.1) is 0 Å². The van der Waals surface area contributed by atoms with E-state index in [2.05, 4.69) is 50.0 Å². The van der Waals surface area contributed by atoms with Gasteiger partial charge in [0.2, 0.25) is 5.75 Å². The number of hydrogen-bond acceptors (Lipinski definition) is 8. The van der Waals surface area contributed by atoms with Crippen molar-refractivity contribution in [2.75, 3.05) is 20.3 Å². The fourth-order valence-corrected chi connectivity index (χ4v) is 5.59. The van der Waals surface area contributed by atoms with Crippen molar-refractivity contribution < 1.29 is 18.7 Å². The van der Waals surface area contributed by atoms with Gasteiger partial charge in [-0.05, 0) is 42.2 Å². The summed E-state index contributed by atoms with van der Waals surface area (Å²) >= 11 is 0. The standard InChI is InChI=1S/C30H41N5O5Si/c1-10-39-29(37)25-26(38-7)28(36)34(6)27(33-25)20(2)24(23-14-12-11-13-21(23)17-31)22-18-32-35(19-22)15-16-40-41(8,9)30(3,4)5/h11-14,18-20,24H,10,15-16H2,1-9H3. The predicted octanol–water partition coefficient (Wildman–Crippen LogP) is 4.99. The lowest BCUT2D eigenvalue weighted by molar-refractivity contribution is 0.0513. The zero-order valence-electron chi connectivity index (χ0n) is 25.5. The molecule has 0 aliphatic carbocycles. The van der Waals surface area contributed by atoms with Gasteiger partial charge in [0.25, 0.3) is 5.56 Å². The Morgan fingerprint density at radius 1 is 1.22 bits per heavy atom. The average molecular weight is 580 g/mol. The molecule has 41 heavy (non-hydrogen) atoms. The molecule has 11 heteroatoms. The summed E-state index contributed by atoms with van der Waals surface area (Å²) in [6.07, 6.45) is 3.72. The second-order valence-corrected chi connectivity index (χ2v) is 16.4. The number of ether oxygens (including phenoxy) is 2. The maximum atomic E-state index is 13.3. The summed E-state index contributed by atoms with van der Waals surface area (Å²) in [7, 11) is 1.00. The smallest absolute Gasteiger partial charge is 0.361 e. The number of aromatic nitrogens is 4. The molecule has 1 aromatic carbocycles. The average Bonchev–Trinajstić information content (AvgIpc) is 3.37. The zero-order valence-corrected chi connectivity index (χ0v) is 26.5. The second kappa shape index (κ2) is 12.8. The topological polar surface area (TPSA) is 121 Å². The third-order valence-electron chi connectivity index (χ3n) is 7.88. The van der Waals surface area contributed by atoms with E-state index in [1.165, 1.54) is 11.7 Å². The lowest BCUT2D eigenvalue weighted by Crippen LogP contribution is -2.41. The summed E-state index contributed by atoms with van der Waals surface area (Å²) in [5.74, 6) is -1.40. The first kappa shape index (κ1) is 31.8. The molecule has 2 aromatic heterocycles. The minimum atomic E-state index is -1.91. The van der Waals surface area contributed by atoms with E-state index in [-0.39, 0.29) is 23.1 Å². The third kappa shape index (κ3) is 6.77. The van der Waals surface area contributed by atoms with E-state index in [1.807, 2.05) is 36.0 Å². The van der Waals surface area contributed by atoms with Crippen LogP contribution in [0.1, 0.15) is 79.5 Å². The highest BCUT2D eigenvalue weighted by atomic mass is 28.4. The van der Waals surface area contributed by atoms with Crippen LogP contribution in [0.25, 0.3) is 0 Å². The largest absolute Gasteiger partial charge is 0.489 e. The van der Waals surface area contributed by atoms with Crippen LogP contribution < -0.4 is 10.3 Å². The first-order valence-corrected chi connectivity index (χ1v) is 16.7. The van der Waals surface area contributed by atoms with Crippen LogP contribution >= 0.6 is 0 Å². The molecule has 220 valence electrons. The summed E-state index contributed by atoms with van der Waals surface area (Å²) in [5.41, 5.74) is 1.43. The Morgan fingerprint density at radius 3 is 2.51 bits per heavy atom. The molecule has 3 aromatic rings. The van der Waals surface area contributed by atoms with Crippen molar-refractivity contribution in [3.8, 4) is 11.8 Å². The molecule has 0 saturated heterocycles. The molecule has 2 atom stereocenters. The summed E-state index contributed by atoms with van der Waals surface area (Å²) in [4.78, 5) is 30.6. The van der Waals surface area contributed by atoms with Gasteiger partial charge in [-0.2, -0.15) is 10.4 Å². The molecular formula is C30H41N5O5Si. The van der Waals surface area contributed by atoms with Crippen LogP contribution in [0.2, 0.25) is 18.1 Å². The van der Waals surface area contributed by atoms with Crippen LogP contribution in [-0.2, 0) is 22.8 Å². The van der Waals surface area contributed by atoms with Gasteiger partial charge in [0.15, 0.2) is 14.0 Å². The van der Waals surface area contributed by atoms with Crippen molar-refractivity contribution in [3.05, 3.63) is 75.2 Å². The minimum Gasteiger partial charge on any atom is -0.489 e. The molecular weight excluding hydrogens is 538 g/mol. The number of carbonyl (C=O) groups is 1. The summed E-state index contributed by atoms with van der Waals surface area (Å²) in [6.45, 7) is 15.9. The highest BCUT2D eigenvalue weighted by molar-refractivity contribution is 6.74. The molecule has 2 unspecified atom stereocenters. The Morgan fingerprint density at radius 2 is 1.90 bits per heavy atom. The summed E-state index contributed by atoms with van der Waals surface area (Å²) < 4.78 is 20.0. The van der Waals surface area contributed by atoms with Crippen LogP contribution in [0.3, 0.4) is 0 Å². The number of methoxy groups -OCH3 is 1. The molecule has 0 spiro atoms. The van der Waals surface area contributed by atoms with Crippen LogP contribution in [0, 0.1) is 11.3 Å². The van der Waals surface area contributed by atoms with E-state index in [0.717, 1.165) is 11.1 Å². The molecule has 0 aliphatic heterocycles. The van der Waals surface area contributed by atoms with Gasteiger partial charge in [0.1, 0.15) is 5.82 Å². The van der Waals surface area contributed by atoms with E-state index in [0.29, 0.717) is 24.5 Å². The molecule has 0 N–H and O–H groups in total. The molecule has 0 saturated carbocycles. The van der Waals surface area contributed by atoms with Gasteiger partial charge in [0.05, 0.1) is 44.7 Å². The van der Waals surface area contributed by atoms with Gasteiger partial charge in [-0.25, -0.2) is 9.78 Å². The van der Waals surface area contributed by atoms with Gasteiger partial charge in [-0.1, -0.05) is 45.9 Å². The van der Waals surface area contributed by atoms with E-state index in [1.54, 1.807) is 26.2 Å². The Balaban J connectivity index is 2.08. The van der Waals surface area contributed by atoms with Crippen LogP contribution in [0.4, 0.5) is 0 Å². The van der Waals surface area contributed by atoms with Crippen LogP contribution in [0.15, 0.2) is 41.5 Å². The first-order chi connectivity index (χ1) is 19.3. The number of carbonyl (C=O) groups excluding carboxylic acids is 1. The molecule has 0 aliphatic rings. The highest BCUT2D eigenvalue weighted by Crippen LogP contribution is 2.39. The van der Waals surface area contributed by atoms with E-state index < -0.39 is 31.7 Å². The molecule has 10 nitrogen and oxygen atoms in total. The van der Waals surface area contributed by atoms with Gasteiger partial charge < -0.3 is 13.9 Å². The quantitative estimate of drug-likeness (QED) is 0.230. The predicted molar refractivity (Wildman–Crippen MR) is 159 cm³/mol. The highest BCUT2D eigenvalue weighted by Gasteiger charge is 2.37. The van der Waals surface area contributed by atoms with Crippen molar-refractivity contribution in [2.24, 2.45) is 7.05 Å². The number of benzene rings is 1. The molecule has 0 radical (unpaired) electrons. The SMILES string of the molecule is CCOC(=O)c1nc(C(C)C(c2cnn(CCO[Si](C)(C)C(C)(C)C)c2)c2ccccc2C#N)n(C)c(=O)c1OC. The van der Waals surface area contributed by atoms with Gasteiger partial charge in [0, 0.05) is 25.1 Å².